The van der Waals surface area contributed by atoms with Gasteiger partial charge in [-0.2, -0.15) is 0 Å². The predicted octanol–water partition coefficient (Wildman–Crippen LogP) is 7.65. The molecule has 158 valence electrons. The van der Waals surface area contributed by atoms with Gasteiger partial charge in [0.05, 0.1) is 6.61 Å². The molecule has 2 unspecified atom stereocenters. The molecule has 0 N–H and O–H groups in total. The normalized spacial score (nSPS) is 20.4. The Morgan fingerprint density at radius 1 is 0.828 bits per heavy atom. The van der Waals surface area contributed by atoms with Crippen LogP contribution < -0.4 is 10.0 Å². The number of rotatable bonds is 10. The zero-order chi connectivity index (χ0) is 20.5. The molecular weight excluding hydrogens is 371 g/mol. The van der Waals surface area contributed by atoms with E-state index >= 15 is 0 Å². The summed E-state index contributed by atoms with van der Waals surface area (Å²) in [5.74, 6) is 3.76. The Labute approximate surface area is 180 Å². The molecule has 0 bridgehead atoms. The Balaban J connectivity index is 1.34. The van der Waals surface area contributed by atoms with Crippen molar-refractivity contribution in [1.82, 2.24) is 0 Å². The second-order valence-corrected chi connectivity index (χ2v) is 9.81. The molecule has 0 spiro atoms. The van der Waals surface area contributed by atoms with Crippen LogP contribution in [0.2, 0.25) is 0 Å². The van der Waals surface area contributed by atoms with Crippen LogP contribution in [0.25, 0.3) is 11.1 Å². The van der Waals surface area contributed by atoms with Crippen LogP contribution in [0.5, 0.6) is 5.75 Å². The van der Waals surface area contributed by atoms with E-state index in [-0.39, 0.29) is 0 Å². The molecule has 1 aliphatic rings. The monoisotopic (exact) mass is 410 g/mol. The molecule has 2 heteroatoms. The fourth-order valence-corrected chi connectivity index (χ4v) is 4.92. The molecule has 29 heavy (non-hydrogen) atoms. The van der Waals surface area contributed by atoms with Crippen LogP contribution >= 0.6 is 9.24 Å². The molecule has 0 saturated heterocycles. The third kappa shape index (κ3) is 7.45. The summed E-state index contributed by atoms with van der Waals surface area (Å²) in [5, 5.41) is 1.22. The Kier molecular flexibility index (Phi) is 9.06. The summed E-state index contributed by atoms with van der Waals surface area (Å²) in [6.07, 6.45) is 12.5. The predicted molar refractivity (Wildman–Crippen MR) is 130 cm³/mol. The average molecular weight is 411 g/mol. The molecule has 0 heterocycles. The van der Waals surface area contributed by atoms with Crippen molar-refractivity contribution in [2.75, 3.05) is 6.61 Å². The van der Waals surface area contributed by atoms with Crippen molar-refractivity contribution < 1.29 is 4.74 Å². The van der Waals surface area contributed by atoms with Gasteiger partial charge in [0.1, 0.15) is 5.75 Å². The van der Waals surface area contributed by atoms with Crippen LogP contribution in [-0.2, 0) is 0 Å². The summed E-state index contributed by atoms with van der Waals surface area (Å²) in [5.41, 5.74) is 2.50. The van der Waals surface area contributed by atoms with E-state index in [2.05, 4.69) is 71.6 Å². The molecule has 1 aliphatic carbocycles. The Hall–Kier alpha value is -1.33. The molecule has 0 aromatic heterocycles. The molecule has 2 aromatic rings. The third-order valence-corrected chi connectivity index (χ3v) is 7.09. The molecule has 1 fully saturated rings. The van der Waals surface area contributed by atoms with Crippen LogP contribution in [-0.4, -0.2) is 6.61 Å². The average Bonchev–Trinajstić information content (AvgIpc) is 2.74. The van der Waals surface area contributed by atoms with Crippen LogP contribution in [0.4, 0.5) is 0 Å². The van der Waals surface area contributed by atoms with Crippen molar-refractivity contribution in [3.05, 3.63) is 48.5 Å². The standard InChI is InChI=1S/C27H39OP/c1-3-4-21(2)5-6-22-7-9-23(10-8-22)19-20-28-26-15-11-24(12-16-26)25-13-17-27(29)18-14-25/h11-18,21-23H,3-10,19-20,29H2,1-2H3. The Morgan fingerprint density at radius 2 is 1.38 bits per heavy atom. The topological polar surface area (TPSA) is 9.23 Å². The van der Waals surface area contributed by atoms with Crippen molar-refractivity contribution in [2.24, 2.45) is 17.8 Å². The van der Waals surface area contributed by atoms with Crippen molar-refractivity contribution in [2.45, 2.75) is 71.6 Å². The molecule has 3 rings (SSSR count). The van der Waals surface area contributed by atoms with E-state index in [0.717, 1.165) is 30.1 Å². The van der Waals surface area contributed by atoms with Gasteiger partial charge in [-0.25, -0.2) is 0 Å². The number of ether oxygens (including phenoxy) is 1. The van der Waals surface area contributed by atoms with E-state index in [1.54, 1.807) is 0 Å². The minimum absolute atomic E-state index is 0.851. The van der Waals surface area contributed by atoms with Gasteiger partial charge in [0.2, 0.25) is 0 Å². The zero-order valence-electron chi connectivity index (χ0n) is 18.4. The van der Waals surface area contributed by atoms with Crippen molar-refractivity contribution in [1.29, 1.82) is 0 Å². The molecular formula is C27H39OP. The molecule has 1 nitrogen and oxygen atoms in total. The number of hydrogen-bond acceptors (Lipinski definition) is 1. The molecule has 0 amide bonds. The highest BCUT2D eigenvalue weighted by Crippen LogP contribution is 2.34. The van der Waals surface area contributed by atoms with Crippen LogP contribution in [0.1, 0.15) is 71.6 Å². The molecule has 0 radical (unpaired) electrons. The minimum Gasteiger partial charge on any atom is -0.494 e. The molecule has 0 aliphatic heterocycles. The van der Waals surface area contributed by atoms with Gasteiger partial charge in [0, 0.05) is 0 Å². The highest BCUT2D eigenvalue weighted by atomic mass is 31.0. The second-order valence-electron chi connectivity index (χ2n) is 9.14. The second kappa shape index (κ2) is 11.8. The maximum atomic E-state index is 6.05. The first-order valence-corrected chi connectivity index (χ1v) is 12.3. The fourth-order valence-electron chi connectivity index (χ4n) is 4.73. The lowest BCUT2D eigenvalue weighted by molar-refractivity contribution is 0.206. The summed E-state index contributed by atoms with van der Waals surface area (Å²) >= 11 is 0. The van der Waals surface area contributed by atoms with E-state index in [4.69, 9.17) is 4.74 Å². The van der Waals surface area contributed by atoms with Gasteiger partial charge >= 0.3 is 0 Å². The van der Waals surface area contributed by atoms with Crippen molar-refractivity contribution in [3.8, 4) is 16.9 Å². The molecule has 1 saturated carbocycles. The summed E-state index contributed by atoms with van der Waals surface area (Å²) < 4.78 is 6.05. The van der Waals surface area contributed by atoms with Gasteiger partial charge in [-0.1, -0.05) is 102 Å². The minimum atomic E-state index is 0.851. The smallest absolute Gasteiger partial charge is 0.119 e. The molecule has 2 aromatic carbocycles. The van der Waals surface area contributed by atoms with E-state index in [9.17, 15) is 0 Å². The first-order valence-electron chi connectivity index (χ1n) is 11.7. The van der Waals surface area contributed by atoms with Gasteiger partial charge in [-0.05, 0) is 52.7 Å². The van der Waals surface area contributed by atoms with Crippen LogP contribution in [0.3, 0.4) is 0 Å². The highest BCUT2D eigenvalue weighted by Gasteiger charge is 2.21. The largest absolute Gasteiger partial charge is 0.494 e. The van der Waals surface area contributed by atoms with Crippen LogP contribution in [0, 0.1) is 17.8 Å². The van der Waals surface area contributed by atoms with Gasteiger partial charge in [-0.15, -0.1) is 9.24 Å². The van der Waals surface area contributed by atoms with Gasteiger partial charge in [0.15, 0.2) is 0 Å². The summed E-state index contributed by atoms with van der Waals surface area (Å²) in [6.45, 7) is 5.59. The summed E-state index contributed by atoms with van der Waals surface area (Å²) in [4.78, 5) is 0. The Bertz CT molecular complexity index is 698. The van der Waals surface area contributed by atoms with Crippen molar-refractivity contribution in [3.63, 3.8) is 0 Å². The maximum Gasteiger partial charge on any atom is 0.119 e. The van der Waals surface area contributed by atoms with E-state index in [0.29, 0.717) is 0 Å². The van der Waals surface area contributed by atoms with E-state index in [1.807, 2.05) is 0 Å². The van der Waals surface area contributed by atoms with Crippen molar-refractivity contribution >= 4 is 14.5 Å². The Morgan fingerprint density at radius 3 is 1.97 bits per heavy atom. The zero-order valence-corrected chi connectivity index (χ0v) is 19.6. The quantitative estimate of drug-likeness (QED) is 0.366. The van der Waals surface area contributed by atoms with Gasteiger partial charge < -0.3 is 4.74 Å². The SMILES string of the molecule is CCCC(C)CCC1CCC(CCOc2ccc(-c3ccc(P)cc3)cc2)CC1. The number of hydrogen-bond donors (Lipinski definition) is 0. The summed E-state index contributed by atoms with van der Waals surface area (Å²) in [7, 11) is 2.73. The lowest BCUT2D eigenvalue weighted by Gasteiger charge is -2.29. The maximum absolute atomic E-state index is 6.05. The lowest BCUT2D eigenvalue weighted by Crippen LogP contribution is -2.17. The fraction of sp³-hybridized carbons (Fsp3) is 0.556. The number of benzene rings is 2. The van der Waals surface area contributed by atoms with Gasteiger partial charge in [0.25, 0.3) is 0 Å². The molecule has 2 atom stereocenters. The first-order chi connectivity index (χ1) is 14.1. The highest BCUT2D eigenvalue weighted by molar-refractivity contribution is 7.27. The lowest BCUT2D eigenvalue weighted by atomic mass is 9.78. The van der Waals surface area contributed by atoms with E-state index < -0.39 is 0 Å². The van der Waals surface area contributed by atoms with Crippen LogP contribution in [0.15, 0.2) is 48.5 Å². The first kappa shape index (κ1) is 22.4. The third-order valence-electron chi connectivity index (χ3n) is 6.71. The van der Waals surface area contributed by atoms with Gasteiger partial charge in [-0.3, -0.25) is 0 Å². The summed E-state index contributed by atoms with van der Waals surface area (Å²) in [6, 6.07) is 17.1. The van der Waals surface area contributed by atoms with E-state index in [1.165, 1.54) is 74.2 Å².